The molecular formula is C12H16O4. The summed E-state index contributed by atoms with van der Waals surface area (Å²) in [5.41, 5.74) is -1.01. The molecule has 4 atom stereocenters. The van der Waals surface area contributed by atoms with Crippen LogP contribution >= 0.6 is 0 Å². The van der Waals surface area contributed by atoms with Gasteiger partial charge in [-0.2, -0.15) is 0 Å². The van der Waals surface area contributed by atoms with Crippen LogP contribution in [0.25, 0.3) is 0 Å². The highest BCUT2D eigenvalue weighted by molar-refractivity contribution is 5.26. The van der Waals surface area contributed by atoms with Crippen LogP contribution in [0.4, 0.5) is 0 Å². The number of rotatable bonds is 1. The molecule has 1 fully saturated rings. The van der Waals surface area contributed by atoms with Crippen LogP contribution in [0.2, 0.25) is 0 Å². The molecule has 0 saturated carbocycles. The van der Waals surface area contributed by atoms with Gasteiger partial charge in [-0.05, 0) is 12.5 Å². The second-order valence-corrected chi connectivity index (χ2v) is 4.18. The number of aliphatic hydroxyl groups is 3. The normalized spacial score (nSPS) is 39.6. The molecule has 1 saturated heterocycles. The van der Waals surface area contributed by atoms with Crippen molar-refractivity contribution < 1.29 is 20.1 Å². The van der Waals surface area contributed by atoms with E-state index in [-0.39, 0.29) is 6.61 Å². The third-order valence-corrected chi connectivity index (χ3v) is 3.19. The van der Waals surface area contributed by atoms with Gasteiger partial charge in [0, 0.05) is 0 Å². The van der Waals surface area contributed by atoms with Crippen LogP contribution in [0.1, 0.15) is 12.5 Å². The molecule has 1 aromatic rings. The fourth-order valence-electron chi connectivity index (χ4n) is 2.11. The summed E-state index contributed by atoms with van der Waals surface area (Å²) in [4.78, 5) is 0. The molecule has 0 aliphatic carbocycles. The van der Waals surface area contributed by atoms with Gasteiger partial charge in [-0.1, -0.05) is 30.3 Å². The van der Waals surface area contributed by atoms with Gasteiger partial charge in [0.1, 0.15) is 17.8 Å². The SMILES string of the molecule is CC1OCC(O)[C@@H](O)[C@@]1(O)c1ccccc1. The van der Waals surface area contributed by atoms with Crippen molar-refractivity contribution in [3.8, 4) is 0 Å². The van der Waals surface area contributed by atoms with Crippen molar-refractivity contribution in [3.05, 3.63) is 35.9 Å². The Bertz CT molecular complexity index is 353. The monoisotopic (exact) mass is 224 g/mol. The Kier molecular flexibility index (Phi) is 2.99. The van der Waals surface area contributed by atoms with Crippen LogP contribution in [0.5, 0.6) is 0 Å². The Morgan fingerprint density at radius 3 is 2.50 bits per heavy atom. The first-order valence-electron chi connectivity index (χ1n) is 5.32. The van der Waals surface area contributed by atoms with Gasteiger partial charge < -0.3 is 20.1 Å². The second-order valence-electron chi connectivity index (χ2n) is 4.18. The lowest BCUT2D eigenvalue weighted by atomic mass is 9.80. The predicted octanol–water partition coefficient (Wildman–Crippen LogP) is 0.0147. The van der Waals surface area contributed by atoms with E-state index in [1.54, 1.807) is 31.2 Å². The summed E-state index contributed by atoms with van der Waals surface area (Å²) < 4.78 is 5.27. The van der Waals surface area contributed by atoms with E-state index in [9.17, 15) is 15.3 Å². The summed E-state index contributed by atoms with van der Waals surface area (Å²) in [5.74, 6) is 0. The van der Waals surface area contributed by atoms with Gasteiger partial charge in [-0.25, -0.2) is 0 Å². The summed E-state index contributed by atoms with van der Waals surface area (Å²) in [5, 5.41) is 30.0. The quantitative estimate of drug-likeness (QED) is 0.628. The molecule has 1 aromatic carbocycles. The zero-order valence-corrected chi connectivity index (χ0v) is 9.08. The van der Waals surface area contributed by atoms with Gasteiger partial charge in [0.25, 0.3) is 0 Å². The van der Waals surface area contributed by atoms with Crippen LogP contribution in [-0.4, -0.2) is 40.2 Å². The standard InChI is InChI=1S/C12H16O4/c1-8-12(15,9-5-3-2-4-6-9)11(14)10(13)7-16-8/h2-6,8,10-11,13-15H,7H2,1H3/t8?,10?,11-,12+/m1/s1. The van der Waals surface area contributed by atoms with E-state index in [2.05, 4.69) is 0 Å². The van der Waals surface area contributed by atoms with Gasteiger partial charge in [0.05, 0.1) is 12.7 Å². The lowest BCUT2D eigenvalue weighted by Crippen LogP contribution is -2.59. The topological polar surface area (TPSA) is 69.9 Å². The first-order chi connectivity index (χ1) is 7.56. The molecule has 0 amide bonds. The molecule has 2 unspecified atom stereocenters. The van der Waals surface area contributed by atoms with Crippen LogP contribution < -0.4 is 0 Å². The zero-order chi connectivity index (χ0) is 11.8. The summed E-state index contributed by atoms with van der Waals surface area (Å²) in [7, 11) is 0. The lowest BCUT2D eigenvalue weighted by Gasteiger charge is -2.44. The van der Waals surface area contributed by atoms with E-state index in [1.165, 1.54) is 0 Å². The largest absolute Gasteiger partial charge is 0.388 e. The van der Waals surface area contributed by atoms with Crippen molar-refractivity contribution in [3.63, 3.8) is 0 Å². The lowest BCUT2D eigenvalue weighted by molar-refractivity contribution is -0.243. The molecule has 4 nitrogen and oxygen atoms in total. The number of hydrogen-bond donors (Lipinski definition) is 3. The van der Waals surface area contributed by atoms with Crippen molar-refractivity contribution in [1.82, 2.24) is 0 Å². The third kappa shape index (κ3) is 1.64. The maximum Gasteiger partial charge on any atom is 0.144 e. The minimum atomic E-state index is -1.56. The first-order valence-corrected chi connectivity index (χ1v) is 5.32. The van der Waals surface area contributed by atoms with Crippen LogP contribution in [0.15, 0.2) is 30.3 Å². The van der Waals surface area contributed by atoms with Gasteiger partial charge in [0.2, 0.25) is 0 Å². The Hall–Kier alpha value is -0.940. The van der Waals surface area contributed by atoms with Crippen molar-refractivity contribution in [2.24, 2.45) is 0 Å². The van der Waals surface area contributed by atoms with E-state index < -0.39 is 23.9 Å². The fraction of sp³-hybridized carbons (Fsp3) is 0.500. The van der Waals surface area contributed by atoms with E-state index in [0.717, 1.165) is 0 Å². The van der Waals surface area contributed by atoms with Crippen LogP contribution in [0, 0.1) is 0 Å². The number of aliphatic hydroxyl groups excluding tert-OH is 2. The predicted molar refractivity (Wildman–Crippen MR) is 57.8 cm³/mol. The average molecular weight is 224 g/mol. The van der Waals surface area contributed by atoms with E-state index in [1.807, 2.05) is 6.07 Å². The molecule has 1 heterocycles. The molecular weight excluding hydrogens is 208 g/mol. The maximum absolute atomic E-state index is 10.5. The Labute approximate surface area is 94.1 Å². The first kappa shape index (κ1) is 11.5. The summed E-state index contributed by atoms with van der Waals surface area (Å²) in [6.07, 6.45) is -2.87. The number of ether oxygens (including phenoxy) is 1. The third-order valence-electron chi connectivity index (χ3n) is 3.19. The zero-order valence-electron chi connectivity index (χ0n) is 9.08. The molecule has 4 heteroatoms. The molecule has 1 aliphatic rings. The van der Waals surface area contributed by atoms with E-state index in [0.29, 0.717) is 5.56 Å². The highest BCUT2D eigenvalue weighted by atomic mass is 16.5. The molecule has 0 spiro atoms. The van der Waals surface area contributed by atoms with Gasteiger partial charge in [-0.15, -0.1) is 0 Å². The minimum absolute atomic E-state index is 0.0392. The number of benzene rings is 1. The molecule has 1 aliphatic heterocycles. The van der Waals surface area contributed by atoms with Gasteiger partial charge in [-0.3, -0.25) is 0 Å². The molecule has 2 rings (SSSR count). The second kappa shape index (κ2) is 4.14. The Morgan fingerprint density at radius 1 is 1.25 bits per heavy atom. The van der Waals surface area contributed by atoms with Crippen molar-refractivity contribution in [2.45, 2.75) is 30.8 Å². The van der Waals surface area contributed by atoms with Crippen molar-refractivity contribution in [1.29, 1.82) is 0 Å². The van der Waals surface area contributed by atoms with Gasteiger partial charge in [0.15, 0.2) is 0 Å². The summed E-state index contributed by atoms with van der Waals surface area (Å²) in [6, 6.07) is 8.79. The Morgan fingerprint density at radius 2 is 1.88 bits per heavy atom. The molecule has 3 N–H and O–H groups in total. The molecule has 88 valence electrons. The molecule has 0 aromatic heterocycles. The average Bonchev–Trinajstić information content (AvgIpc) is 2.33. The van der Waals surface area contributed by atoms with Crippen LogP contribution in [0.3, 0.4) is 0 Å². The van der Waals surface area contributed by atoms with Crippen molar-refractivity contribution >= 4 is 0 Å². The maximum atomic E-state index is 10.5. The number of hydrogen-bond acceptors (Lipinski definition) is 4. The summed E-state index contributed by atoms with van der Waals surface area (Å²) in [6.45, 7) is 1.72. The smallest absolute Gasteiger partial charge is 0.144 e. The molecule has 0 bridgehead atoms. The van der Waals surface area contributed by atoms with E-state index >= 15 is 0 Å². The summed E-state index contributed by atoms with van der Waals surface area (Å²) >= 11 is 0. The molecule has 16 heavy (non-hydrogen) atoms. The highest BCUT2D eigenvalue weighted by Gasteiger charge is 2.50. The van der Waals surface area contributed by atoms with E-state index in [4.69, 9.17) is 4.74 Å². The fourth-order valence-corrected chi connectivity index (χ4v) is 2.11. The molecule has 0 radical (unpaired) electrons. The highest BCUT2D eigenvalue weighted by Crippen LogP contribution is 2.35. The van der Waals surface area contributed by atoms with Crippen LogP contribution in [-0.2, 0) is 10.3 Å². The van der Waals surface area contributed by atoms with Crippen molar-refractivity contribution in [2.75, 3.05) is 6.61 Å². The minimum Gasteiger partial charge on any atom is -0.388 e. The van der Waals surface area contributed by atoms with Gasteiger partial charge >= 0.3 is 0 Å². The Balaban J connectivity index is 2.41.